The maximum absolute atomic E-state index is 2.32. The highest BCUT2D eigenvalue weighted by Gasteiger charge is 2.28. The molecule has 0 amide bonds. The minimum absolute atomic E-state index is 1.37. The molecule has 0 aliphatic carbocycles. The highest BCUT2D eigenvalue weighted by Crippen LogP contribution is 2.21. The molecule has 0 N–H and O–H groups in total. The van der Waals surface area contributed by atoms with Crippen LogP contribution < -0.4 is 0 Å². The Hall–Kier alpha value is -0.0400. The quantitative estimate of drug-likeness (QED) is 0.572. The van der Waals surface area contributed by atoms with Crippen LogP contribution >= 0.6 is 0 Å². The number of unbranched alkanes of at least 4 members (excludes halogenated alkanes) is 2. The molecule has 0 atom stereocenters. The topological polar surface area (TPSA) is 0 Å². The van der Waals surface area contributed by atoms with Crippen LogP contribution in [0.2, 0.25) is 0 Å². The Labute approximate surface area is 90.1 Å². The van der Waals surface area contributed by atoms with Crippen LogP contribution in [0.15, 0.2) is 0 Å². The summed E-state index contributed by atoms with van der Waals surface area (Å²) in [6.45, 7) is 10.5. The summed E-state index contributed by atoms with van der Waals surface area (Å²) in [7, 11) is 0. The van der Waals surface area contributed by atoms with Crippen molar-refractivity contribution in [2.24, 2.45) is 0 Å². The van der Waals surface area contributed by atoms with Gasteiger partial charge < -0.3 is 4.48 Å². The molecule has 1 fully saturated rings. The average Bonchev–Trinajstić information content (AvgIpc) is 2.25. The first-order chi connectivity index (χ1) is 6.83. The Kier molecular flexibility index (Phi) is 5.54. The number of hydrogen-bond acceptors (Lipinski definition) is 0. The monoisotopic (exact) mass is 198 g/mol. The third-order valence-corrected chi connectivity index (χ3v) is 3.74. The SMILES string of the molecule is CCCC[N+]1(CCCC)CCCCC1. The van der Waals surface area contributed by atoms with Crippen LogP contribution in [0.5, 0.6) is 0 Å². The summed E-state index contributed by atoms with van der Waals surface area (Å²) in [5, 5.41) is 0. The fourth-order valence-corrected chi connectivity index (χ4v) is 2.73. The highest BCUT2D eigenvalue weighted by molar-refractivity contribution is 4.55. The molecule has 1 saturated heterocycles. The Morgan fingerprint density at radius 1 is 0.786 bits per heavy atom. The van der Waals surface area contributed by atoms with Crippen LogP contribution in [0.1, 0.15) is 58.8 Å². The van der Waals surface area contributed by atoms with Crippen molar-refractivity contribution in [3.63, 3.8) is 0 Å². The Morgan fingerprint density at radius 3 is 1.71 bits per heavy atom. The van der Waals surface area contributed by atoms with Crippen LogP contribution in [0.25, 0.3) is 0 Å². The van der Waals surface area contributed by atoms with Gasteiger partial charge in [-0.2, -0.15) is 0 Å². The van der Waals surface area contributed by atoms with E-state index < -0.39 is 0 Å². The van der Waals surface area contributed by atoms with Gasteiger partial charge in [-0.05, 0) is 32.1 Å². The molecular formula is C13H28N+. The molecule has 0 saturated carbocycles. The third-order valence-electron chi connectivity index (χ3n) is 3.74. The van der Waals surface area contributed by atoms with E-state index in [0.29, 0.717) is 0 Å². The first kappa shape index (κ1) is 12.0. The predicted octanol–water partition coefficient (Wildman–Crippen LogP) is 3.59. The van der Waals surface area contributed by atoms with Gasteiger partial charge in [0.2, 0.25) is 0 Å². The zero-order valence-electron chi connectivity index (χ0n) is 10.2. The van der Waals surface area contributed by atoms with Gasteiger partial charge in [-0.1, -0.05) is 26.7 Å². The normalized spacial score (nSPS) is 21.0. The molecule has 1 nitrogen and oxygen atoms in total. The zero-order valence-corrected chi connectivity index (χ0v) is 10.2. The largest absolute Gasteiger partial charge is 0.324 e. The molecule has 1 aliphatic heterocycles. The standard InChI is InChI=1S/C13H28N/c1-3-5-10-14(11-6-4-2)12-8-7-9-13-14/h3-13H2,1-2H3/q+1. The predicted molar refractivity (Wildman–Crippen MR) is 63.4 cm³/mol. The van der Waals surface area contributed by atoms with Gasteiger partial charge in [-0.15, -0.1) is 0 Å². The van der Waals surface area contributed by atoms with Crippen molar-refractivity contribution >= 4 is 0 Å². The first-order valence-electron chi connectivity index (χ1n) is 6.68. The fourth-order valence-electron chi connectivity index (χ4n) is 2.73. The van der Waals surface area contributed by atoms with E-state index in [-0.39, 0.29) is 0 Å². The smallest absolute Gasteiger partial charge is 0.0786 e. The summed E-state index contributed by atoms with van der Waals surface area (Å²) in [5.41, 5.74) is 0. The van der Waals surface area contributed by atoms with Crippen LogP contribution in [0, 0.1) is 0 Å². The van der Waals surface area contributed by atoms with E-state index in [4.69, 9.17) is 0 Å². The van der Waals surface area contributed by atoms with Crippen LogP contribution in [-0.4, -0.2) is 30.7 Å². The zero-order chi connectivity index (χ0) is 10.3. The molecule has 1 aliphatic rings. The minimum atomic E-state index is 1.37. The van der Waals surface area contributed by atoms with Crippen molar-refractivity contribution < 1.29 is 4.48 Å². The van der Waals surface area contributed by atoms with Crippen molar-refractivity contribution in [3.8, 4) is 0 Å². The second kappa shape index (κ2) is 6.44. The van der Waals surface area contributed by atoms with E-state index in [0.717, 1.165) is 0 Å². The van der Waals surface area contributed by atoms with E-state index in [2.05, 4.69) is 13.8 Å². The number of quaternary nitrogens is 1. The molecular weight excluding hydrogens is 170 g/mol. The highest BCUT2D eigenvalue weighted by atomic mass is 15.3. The lowest BCUT2D eigenvalue weighted by Crippen LogP contribution is -2.52. The fraction of sp³-hybridized carbons (Fsp3) is 1.00. The molecule has 0 spiro atoms. The average molecular weight is 198 g/mol. The Bertz CT molecular complexity index is 126. The van der Waals surface area contributed by atoms with E-state index >= 15 is 0 Å². The number of likely N-dealkylation sites (tertiary alicyclic amines) is 1. The molecule has 1 heterocycles. The molecule has 14 heavy (non-hydrogen) atoms. The van der Waals surface area contributed by atoms with Gasteiger partial charge in [0, 0.05) is 0 Å². The minimum Gasteiger partial charge on any atom is -0.324 e. The molecule has 0 aromatic rings. The maximum atomic E-state index is 2.32. The summed E-state index contributed by atoms with van der Waals surface area (Å²) in [6, 6.07) is 0. The first-order valence-corrected chi connectivity index (χ1v) is 6.68. The van der Waals surface area contributed by atoms with Crippen LogP contribution in [-0.2, 0) is 0 Å². The second-order valence-electron chi connectivity index (χ2n) is 5.00. The number of nitrogens with zero attached hydrogens (tertiary/aromatic N) is 1. The summed E-state index contributed by atoms with van der Waals surface area (Å²) in [5.74, 6) is 0. The molecule has 0 aromatic heterocycles. The van der Waals surface area contributed by atoms with Gasteiger partial charge in [0.25, 0.3) is 0 Å². The van der Waals surface area contributed by atoms with E-state index in [1.165, 1.54) is 75.6 Å². The summed E-state index contributed by atoms with van der Waals surface area (Å²) >= 11 is 0. The van der Waals surface area contributed by atoms with Gasteiger partial charge >= 0.3 is 0 Å². The lowest BCUT2D eigenvalue weighted by Gasteiger charge is -2.41. The molecule has 1 heteroatoms. The van der Waals surface area contributed by atoms with Gasteiger partial charge in [-0.3, -0.25) is 0 Å². The molecule has 0 unspecified atom stereocenters. The van der Waals surface area contributed by atoms with Gasteiger partial charge in [-0.25, -0.2) is 0 Å². The summed E-state index contributed by atoms with van der Waals surface area (Å²) < 4.78 is 1.46. The van der Waals surface area contributed by atoms with Gasteiger partial charge in [0.1, 0.15) is 0 Å². The van der Waals surface area contributed by atoms with Crippen LogP contribution in [0.3, 0.4) is 0 Å². The molecule has 1 rings (SSSR count). The van der Waals surface area contributed by atoms with Crippen molar-refractivity contribution in [2.75, 3.05) is 26.2 Å². The Balaban J connectivity index is 2.39. The summed E-state index contributed by atoms with van der Waals surface area (Å²) in [6.07, 6.45) is 10.0. The van der Waals surface area contributed by atoms with E-state index in [1.54, 1.807) is 0 Å². The maximum Gasteiger partial charge on any atom is 0.0786 e. The van der Waals surface area contributed by atoms with E-state index in [9.17, 15) is 0 Å². The molecule has 0 aromatic carbocycles. The van der Waals surface area contributed by atoms with Crippen LogP contribution in [0.4, 0.5) is 0 Å². The number of rotatable bonds is 6. The lowest BCUT2D eigenvalue weighted by molar-refractivity contribution is -0.932. The van der Waals surface area contributed by atoms with E-state index in [1.807, 2.05) is 0 Å². The lowest BCUT2D eigenvalue weighted by atomic mass is 10.1. The van der Waals surface area contributed by atoms with Crippen molar-refractivity contribution in [2.45, 2.75) is 58.8 Å². The number of piperidine rings is 1. The molecule has 0 bridgehead atoms. The Morgan fingerprint density at radius 2 is 1.29 bits per heavy atom. The van der Waals surface area contributed by atoms with Crippen molar-refractivity contribution in [1.82, 2.24) is 0 Å². The molecule has 84 valence electrons. The van der Waals surface area contributed by atoms with Crippen molar-refractivity contribution in [3.05, 3.63) is 0 Å². The third kappa shape index (κ3) is 3.61. The summed E-state index contributed by atoms with van der Waals surface area (Å²) in [4.78, 5) is 0. The number of hydrogen-bond donors (Lipinski definition) is 0. The van der Waals surface area contributed by atoms with Gasteiger partial charge in [0.05, 0.1) is 26.2 Å². The van der Waals surface area contributed by atoms with Crippen molar-refractivity contribution in [1.29, 1.82) is 0 Å². The van der Waals surface area contributed by atoms with Gasteiger partial charge in [0.15, 0.2) is 0 Å². The molecule has 0 radical (unpaired) electrons. The second-order valence-corrected chi connectivity index (χ2v) is 5.00.